The third-order valence-corrected chi connectivity index (χ3v) is 4.04. The molecule has 0 radical (unpaired) electrons. The molecular weight excluding hydrogens is 438 g/mol. The van der Waals surface area contributed by atoms with Crippen LogP contribution in [-0.4, -0.2) is 25.3 Å². The quantitative estimate of drug-likeness (QED) is 0.220. The summed E-state index contributed by atoms with van der Waals surface area (Å²) in [5.41, 5.74) is 7.86. The number of nitrogens with zero attached hydrogens (tertiary/aromatic N) is 2. The van der Waals surface area contributed by atoms with E-state index in [1.54, 1.807) is 0 Å². The van der Waals surface area contributed by atoms with Crippen LogP contribution < -0.4 is 0 Å². The molecule has 4 nitrogen and oxygen atoms in total. The van der Waals surface area contributed by atoms with Gasteiger partial charge in [-0.25, -0.2) is 9.97 Å². The molecule has 8 bridgehead atoms. The third-order valence-electron chi connectivity index (χ3n) is 4.04. The Labute approximate surface area is 182 Å². The summed E-state index contributed by atoms with van der Waals surface area (Å²) in [5, 5.41) is 0.194. The number of rotatable bonds is 0. The fourth-order valence-corrected chi connectivity index (χ4v) is 2.94. The predicted octanol–water partition coefficient (Wildman–Crippen LogP) is 6.07. The molecule has 0 saturated carbocycles. The van der Waals surface area contributed by atoms with Crippen LogP contribution in [0.5, 0.6) is 0 Å². The molecule has 0 saturated heterocycles. The second-order valence-corrected chi connectivity index (χ2v) is 6.81. The van der Waals surface area contributed by atoms with Crippen LogP contribution in [0.25, 0.3) is 46.4 Å². The van der Waals surface area contributed by atoms with Crippen molar-refractivity contribution >= 4 is 69.6 Å². The van der Waals surface area contributed by atoms with Gasteiger partial charge in [0.25, 0.3) is 0 Å². The van der Waals surface area contributed by atoms with Gasteiger partial charge < -0.3 is 9.97 Å². The van der Waals surface area contributed by atoms with E-state index >= 15 is 0 Å². The number of halogens is 2. The van der Waals surface area contributed by atoms with Gasteiger partial charge in [-0.2, -0.15) is 0 Å². The van der Waals surface area contributed by atoms with Gasteiger partial charge in [-0.1, -0.05) is 0 Å². The van der Waals surface area contributed by atoms with Crippen molar-refractivity contribution in [1.82, 2.24) is 19.9 Å². The normalized spacial score (nSPS) is 11.5. The van der Waals surface area contributed by atoms with E-state index in [4.69, 9.17) is 23.2 Å². The fourth-order valence-electron chi connectivity index (χ4n) is 2.94. The van der Waals surface area contributed by atoms with E-state index in [-0.39, 0.29) is 21.8 Å². The summed E-state index contributed by atoms with van der Waals surface area (Å²) in [5.74, 6) is 0. The Hall–Kier alpha value is -2.33. The molecular formula is C21H16Cl2N4Ni. The number of aromatic nitrogens is 4. The molecule has 0 aromatic carbocycles. The van der Waals surface area contributed by atoms with Crippen LogP contribution in [0.1, 0.15) is 22.8 Å². The minimum Gasteiger partial charge on any atom is -0.355 e. The SMILES string of the molecule is C1=Cc2cc3ccc(cc4ccc(cc5nc(cc1n2)C=C5)[nH]4)[nH]3.ClCCl.[Ni]. The largest absolute Gasteiger partial charge is 0.355 e. The van der Waals surface area contributed by atoms with Crippen molar-refractivity contribution < 1.29 is 16.5 Å². The average molecular weight is 454 g/mol. The van der Waals surface area contributed by atoms with Crippen LogP contribution in [0.3, 0.4) is 0 Å². The van der Waals surface area contributed by atoms with Crippen LogP contribution >= 0.6 is 23.2 Å². The fraction of sp³-hybridized carbons (Fsp3) is 0.0476. The number of alkyl halides is 2. The molecule has 3 aromatic rings. The van der Waals surface area contributed by atoms with Gasteiger partial charge in [0.05, 0.1) is 28.1 Å². The van der Waals surface area contributed by atoms with Gasteiger partial charge >= 0.3 is 0 Å². The maximum Gasteiger partial charge on any atom is 0.0967 e. The summed E-state index contributed by atoms with van der Waals surface area (Å²) < 4.78 is 0. The summed E-state index contributed by atoms with van der Waals surface area (Å²) in [6.45, 7) is 0. The molecule has 0 amide bonds. The molecule has 0 atom stereocenters. The van der Waals surface area contributed by atoms with Crippen molar-refractivity contribution in [3.63, 3.8) is 0 Å². The van der Waals surface area contributed by atoms with Gasteiger partial charge in [0.2, 0.25) is 0 Å². The maximum absolute atomic E-state index is 4.76. The molecule has 28 heavy (non-hydrogen) atoms. The molecule has 2 aliphatic rings. The second kappa shape index (κ2) is 9.25. The Morgan fingerprint density at radius 3 is 1.29 bits per heavy atom. The summed E-state index contributed by atoms with van der Waals surface area (Å²) in [7, 11) is 0. The molecule has 2 N–H and O–H groups in total. The van der Waals surface area contributed by atoms with Crippen LogP contribution in [-0.2, 0) is 16.5 Å². The van der Waals surface area contributed by atoms with E-state index in [0.717, 1.165) is 44.8 Å². The van der Waals surface area contributed by atoms with Crippen LogP contribution in [0.15, 0.2) is 48.5 Å². The number of H-pyrrole nitrogens is 2. The minimum atomic E-state index is 0. The first-order chi connectivity index (χ1) is 13.2. The van der Waals surface area contributed by atoms with Gasteiger partial charge in [0.15, 0.2) is 0 Å². The molecule has 5 heterocycles. The van der Waals surface area contributed by atoms with Crippen molar-refractivity contribution in [2.45, 2.75) is 0 Å². The minimum absolute atomic E-state index is 0. The Bertz CT molecular complexity index is 1100. The molecule has 0 spiro atoms. The van der Waals surface area contributed by atoms with Crippen molar-refractivity contribution in [2.24, 2.45) is 0 Å². The zero-order valence-corrected chi connectivity index (χ0v) is 17.1. The molecule has 2 aliphatic heterocycles. The van der Waals surface area contributed by atoms with Gasteiger partial charge in [-0.3, -0.25) is 0 Å². The smallest absolute Gasteiger partial charge is 0.0967 e. The zero-order chi connectivity index (χ0) is 18.6. The number of hydrogen-bond acceptors (Lipinski definition) is 2. The standard InChI is InChI=1S/C20H14N4.CH2Cl2.Ni/c1-2-14-10-16-5-6-18(23-16)12-20-8-7-19(24-20)11-17-4-3-15(22-17)9-13(1)21-14;2-1-3;/h1-12,21-22H;1H2;. The van der Waals surface area contributed by atoms with E-state index in [1.807, 2.05) is 42.5 Å². The first-order valence-corrected chi connectivity index (χ1v) is 9.45. The van der Waals surface area contributed by atoms with Gasteiger partial charge in [-0.05, 0) is 72.8 Å². The predicted molar refractivity (Wildman–Crippen MR) is 115 cm³/mol. The van der Waals surface area contributed by atoms with Crippen molar-refractivity contribution in [3.8, 4) is 0 Å². The number of hydrogen-bond donors (Lipinski definition) is 2. The first-order valence-electron chi connectivity index (χ1n) is 8.38. The molecule has 0 fully saturated rings. The number of aromatic amines is 2. The second-order valence-electron chi connectivity index (χ2n) is 6.01. The average Bonchev–Trinajstić information content (AvgIpc) is 3.41. The van der Waals surface area contributed by atoms with Crippen LogP contribution in [0.2, 0.25) is 0 Å². The molecule has 5 rings (SSSR count). The maximum atomic E-state index is 4.76. The molecule has 3 aromatic heterocycles. The van der Waals surface area contributed by atoms with Crippen molar-refractivity contribution in [3.05, 3.63) is 71.3 Å². The Morgan fingerprint density at radius 2 is 0.893 bits per heavy atom. The molecule has 0 aliphatic carbocycles. The number of fused-ring (bicyclic) bond motifs is 8. The Balaban J connectivity index is 0.000000531. The van der Waals surface area contributed by atoms with E-state index in [2.05, 4.69) is 50.3 Å². The Kier molecular flexibility index (Phi) is 6.74. The zero-order valence-electron chi connectivity index (χ0n) is 14.6. The summed E-state index contributed by atoms with van der Waals surface area (Å²) in [4.78, 5) is 16.0. The van der Waals surface area contributed by atoms with Crippen molar-refractivity contribution in [1.29, 1.82) is 0 Å². The van der Waals surface area contributed by atoms with Gasteiger partial charge in [0.1, 0.15) is 0 Å². The number of nitrogens with one attached hydrogen (secondary N) is 2. The van der Waals surface area contributed by atoms with Gasteiger partial charge in [0, 0.05) is 38.6 Å². The topological polar surface area (TPSA) is 57.4 Å². The van der Waals surface area contributed by atoms with E-state index in [1.165, 1.54) is 0 Å². The van der Waals surface area contributed by atoms with Crippen LogP contribution in [0, 0.1) is 0 Å². The molecule has 7 heteroatoms. The van der Waals surface area contributed by atoms with E-state index in [9.17, 15) is 0 Å². The van der Waals surface area contributed by atoms with Gasteiger partial charge in [-0.15, -0.1) is 23.2 Å². The molecule has 0 unspecified atom stereocenters. The van der Waals surface area contributed by atoms with Crippen molar-refractivity contribution in [2.75, 3.05) is 5.34 Å². The first kappa shape index (κ1) is 20.4. The van der Waals surface area contributed by atoms with E-state index in [0.29, 0.717) is 0 Å². The summed E-state index contributed by atoms with van der Waals surface area (Å²) in [6.07, 6.45) is 8.05. The summed E-state index contributed by atoms with van der Waals surface area (Å²) in [6, 6.07) is 16.4. The molecule has 144 valence electrons. The Morgan fingerprint density at radius 1 is 0.571 bits per heavy atom. The van der Waals surface area contributed by atoms with E-state index < -0.39 is 0 Å². The van der Waals surface area contributed by atoms with Crippen LogP contribution in [0.4, 0.5) is 0 Å². The summed E-state index contributed by atoms with van der Waals surface area (Å²) >= 11 is 9.53. The monoisotopic (exact) mass is 452 g/mol. The third kappa shape index (κ3) is 4.93.